The van der Waals surface area contributed by atoms with Gasteiger partial charge >= 0.3 is 0 Å². The number of benzene rings is 2. The summed E-state index contributed by atoms with van der Waals surface area (Å²) in [6, 6.07) is 13.4. The van der Waals surface area contributed by atoms with E-state index in [1.807, 2.05) is 43.3 Å². The zero-order chi connectivity index (χ0) is 13.1. The lowest BCUT2D eigenvalue weighted by molar-refractivity contribution is 0.634. The summed E-state index contributed by atoms with van der Waals surface area (Å²) in [6.07, 6.45) is 0. The van der Waals surface area contributed by atoms with E-state index in [2.05, 4.69) is 5.43 Å². The molecular formula is C14H14Cl2N2. The molecule has 0 bridgehead atoms. The molecule has 2 aromatic rings. The predicted octanol–water partition coefficient (Wildman–Crippen LogP) is 3.85. The van der Waals surface area contributed by atoms with Crippen LogP contribution in [0.25, 0.3) is 0 Å². The van der Waals surface area contributed by atoms with Crippen molar-refractivity contribution in [2.24, 2.45) is 5.84 Å². The lowest BCUT2D eigenvalue weighted by Crippen LogP contribution is -2.29. The van der Waals surface area contributed by atoms with Crippen LogP contribution < -0.4 is 11.3 Å². The highest BCUT2D eigenvalue weighted by Crippen LogP contribution is 2.33. The van der Waals surface area contributed by atoms with Crippen LogP contribution in [0.15, 0.2) is 42.5 Å². The van der Waals surface area contributed by atoms with Crippen molar-refractivity contribution in [3.8, 4) is 0 Å². The van der Waals surface area contributed by atoms with Crippen LogP contribution in [0, 0.1) is 6.92 Å². The smallest absolute Gasteiger partial charge is 0.0727 e. The fraction of sp³-hybridized carbons (Fsp3) is 0.143. The summed E-state index contributed by atoms with van der Waals surface area (Å²) < 4.78 is 0. The second kappa shape index (κ2) is 5.72. The van der Waals surface area contributed by atoms with Gasteiger partial charge in [0.25, 0.3) is 0 Å². The van der Waals surface area contributed by atoms with Crippen molar-refractivity contribution >= 4 is 23.2 Å². The van der Waals surface area contributed by atoms with Crippen molar-refractivity contribution in [2.45, 2.75) is 13.0 Å². The molecule has 0 spiro atoms. The Morgan fingerprint density at radius 2 is 1.67 bits per heavy atom. The van der Waals surface area contributed by atoms with Gasteiger partial charge in [0.05, 0.1) is 16.1 Å². The Balaban J connectivity index is 2.53. The van der Waals surface area contributed by atoms with Gasteiger partial charge in [-0.05, 0) is 29.7 Å². The summed E-state index contributed by atoms with van der Waals surface area (Å²) in [5, 5.41) is 1.06. The van der Waals surface area contributed by atoms with Crippen molar-refractivity contribution in [3.63, 3.8) is 0 Å². The minimum Gasteiger partial charge on any atom is -0.271 e. The Bertz CT molecular complexity index is 555. The van der Waals surface area contributed by atoms with Crippen molar-refractivity contribution in [1.29, 1.82) is 0 Å². The molecule has 1 unspecified atom stereocenters. The van der Waals surface area contributed by atoms with Crippen LogP contribution in [0.2, 0.25) is 10.0 Å². The molecular weight excluding hydrogens is 267 g/mol. The third kappa shape index (κ3) is 2.52. The number of hydrogen-bond acceptors (Lipinski definition) is 2. The molecule has 94 valence electrons. The monoisotopic (exact) mass is 280 g/mol. The summed E-state index contributed by atoms with van der Waals surface area (Å²) in [6.45, 7) is 2.04. The minimum atomic E-state index is -0.169. The number of nitrogens with two attached hydrogens (primary N) is 1. The third-order valence-corrected chi connectivity index (χ3v) is 3.79. The van der Waals surface area contributed by atoms with Crippen LogP contribution in [0.3, 0.4) is 0 Å². The second-order valence-electron chi connectivity index (χ2n) is 4.10. The maximum Gasteiger partial charge on any atom is 0.0727 e. The molecule has 0 aliphatic carbocycles. The van der Waals surface area contributed by atoms with Crippen LogP contribution in [0.5, 0.6) is 0 Å². The predicted molar refractivity (Wildman–Crippen MR) is 76.8 cm³/mol. The van der Waals surface area contributed by atoms with E-state index in [1.165, 1.54) is 0 Å². The highest BCUT2D eigenvalue weighted by Gasteiger charge is 2.18. The molecule has 0 saturated heterocycles. The normalized spacial score (nSPS) is 12.4. The number of nitrogens with one attached hydrogen (secondary N) is 1. The zero-order valence-electron chi connectivity index (χ0n) is 9.95. The number of rotatable bonds is 3. The van der Waals surface area contributed by atoms with Crippen LogP contribution in [-0.4, -0.2) is 0 Å². The minimum absolute atomic E-state index is 0.169. The average Bonchev–Trinajstić information content (AvgIpc) is 2.37. The summed E-state index contributed by atoms with van der Waals surface area (Å²) in [4.78, 5) is 0. The van der Waals surface area contributed by atoms with E-state index in [4.69, 9.17) is 29.0 Å². The first kappa shape index (κ1) is 13.4. The quantitative estimate of drug-likeness (QED) is 0.662. The van der Waals surface area contributed by atoms with Crippen molar-refractivity contribution < 1.29 is 0 Å². The number of hydrazine groups is 1. The van der Waals surface area contributed by atoms with Gasteiger partial charge in [-0.3, -0.25) is 5.84 Å². The van der Waals surface area contributed by atoms with Gasteiger partial charge in [0.15, 0.2) is 0 Å². The molecule has 0 fully saturated rings. The molecule has 0 aliphatic rings. The maximum absolute atomic E-state index is 6.24. The highest BCUT2D eigenvalue weighted by molar-refractivity contribution is 6.42. The van der Waals surface area contributed by atoms with E-state index < -0.39 is 0 Å². The van der Waals surface area contributed by atoms with E-state index >= 15 is 0 Å². The lowest BCUT2D eigenvalue weighted by atomic mass is 9.95. The summed E-state index contributed by atoms with van der Waals surface area (Å²) in [5.41, 5.74) is 5.91. The largest absolute Gasteiger partial charge is 0.271 e. The summed E-state index contributed by atoms with van der Waals surface area (Å²) in [7, 11) is 0. The van der Waals surface area contributed by atoms with Gasteiger partial charge in [-0.25, -0.2) is 5.43 Å². The van der Waals surface area contributed by atoms with Crippen molar-refractivity contribution in [2.75, 3.05) is 0 Å². The Kier molecular flexibility index (Phi) is 4.25. The van der Waals surface area contributed by atoms with Gasteiger partial charge in [-0.2, -0.15) is 0 Å². The first-order valence-corrected chi connectivity index (χ1v) is 6.36. The maximum atomic E-state index is 6.24. The molecule has 0 aromatic heterocycles. The third-order valence-electron chi connectivity index (χ3n) is 2.96. The van der Waals surface area contributed by atoms with Crippen LogP contribution in [0.4, 0.5) is 0 Å². The molecule has 2 nitrogen and oxygen atoms in total. The van der Waals surface area contributed by atoms with Gasteiger partial charge < -0.3 is 0 Å². The van der Waals surface area contributed by atoms with Crippen molar-refractivity contribution in [3.05, 3.63) is 69.2 Å². The van der Waals surface area contributed by atoms with Gasteiger partial charge in [0.2, 0.25) is 0 Å². The van der Waals surface area contributed by atoms with E-state index in [9.17, 15) is 0 Å². The molecule has 0 amide bonds. The Hall–Kier alpha value is -1.06. The van der Waals surface area contributed by atoms with Gasteiger partial charge in [-0.1, -0.05) is 59.6 Å². The number of hydrogen-bond donors (Lipinski definition) is 2. The SMILES string of the molecule is Cc1ccccc1C(NN)c1cccc(Cl)c1Cl. The van der Waals surface area contributed by atoms with Crippen LogP contribution >= 0.6 is 23.2 Å². The first-order chi connectivity index (χ1) is 8.65. The number of aryl methyl sites for hydroxylation is 1. The molecule has 0 aliphatic heterocycles. The van der Waals surface area contributed by atoms with Gasteiger partial charge in [0, 0.05) is 0 Å². The summed E-state index contributed by atoms with van der Waals surface area (Å²) in [5.74, 6) is 5.67. The van der Waals surface area contributed by atoms with E-state index in [0.29, 0.717) is 10.0 Å². The highest BCUT2D eigenvalue weighted by atomic mass is 35.5. The molecule has 0 radical (unpaired) electrons. The molecule has 3 N–H and O–H groups in total. The fourth-order valence-electron chi connectivity index (χ4n) is 2.00. The average molecular weight is 281 g/mol. The Labute approximate surface area is 117 Å². The van der Waals surface area contributed by atoms with E-state index in [1.54, 1.807) is 6.07 Å². The first-order valence-electron chi connectivity index (χ1n) is 5.60. The number of halogens is 2. The summed E-state index contributed by atoms with van der Waals surface area (Å²) >= 11 is 12.3. The fourth-order valence-corrected chi connectivity index (χ4v) is 2.42. The van der Waals surface area contributed by atoms with Crippen molar-refractivity contribution in [1.82, 2.24) is 5.43 Å². The zero-order valence-corrected chi connectivity index (χ0v) is 11.5. The van der Waals surface area contributed by atoms with E-state index in [-0.39, 0.29) is 6.04 Å². The lowest BCUT2D eigenvalue weighted by Gasteiger charge is -2.20. The molecule has 4 heteroatoms. The molecule has 18 heavy (non-hydrogen) atoms. The van der Waals surface area contributed by atoms with Gasteiger partial charge in [-0.15, -0.1) is 0 Å². The molecule has 0 saturated carbocycles. The molecule has 1 atom stereocenters. The molecule has 0 heterocycles. The van der Waals surface area contributed by atoms with Crippen LogP contribution in [0.1, 0.15) is 22.7 Å². The Morgan fingerprint density at radius 3 is 2.33 bits per heavy atom. The Morgan fingerprint density at radius 1 is 1.00 bits per heavy atom. The topological polar surface area (TPSA) is 38.0 Å². The standard InChI is InChI=1S/C14H14Cl2N2/c1-9-5-2-3-6-10(9)14(18-17)11-7-4-8-12(15)13(11)16/h2-8,14,18H,17H2,1H3. The molecule has 2 rings (SSSR count). The van der Waals surface area contributed by atoms with Crippen LogP contribution in [-0.2, 0) is 0 Å². The van der Waals surface area contributed by atoms with Gasteiger partial charge in [0.1, 0.15) is 0 Å². The molecule has 2 aromatic carbocycles. The van der Waals surface area contributed by atoms with E-state index in [0.717, 1.165) is 16.7 Å². The second-order valence-corrected chi connectivity index (χ2v) is 4.88.